The summed E-state index contributed by atoms with van der Waals surface area (Å²) in [5.74, 6) is -1.86. The molecule has 0 heterocycles. The third kappa shape index (κ3) is 6.78. The number of hydrogen-bond acceptors (Lipinski definition) is 4. The van der Waals surface area contributed by atoms with E-state index >= 15 is 0 Å². The number of anilines is 2. The first-order valence-electron chi connectivity index (χ1n) is 14.1. The van der Waals surface area contributed by atoms with Gasteiger partial charge in [-0.25, -0.2) is 0 Å². The van der Waals surface area contributed by atoms with Gasteiger partial charge in [-0.3, -0.25) is 14.4 Å². The molecule has 0 bridgehead atoms. The lowest BCUT2D eigenvalue weighted by Crippen LogP contribution is -2.29. The SMILES string of the molecule is CC(=O)CCCC(=O)Nc1ccc(C(C(=O)Cc2cccc3ccccc23)C(=O)Nc2cccc3ccccc23)cc1. The lowest BCUT2D eigenvalue weighted by Gasteiger charge is -2.18. The van der Waals surface area contributed by atoms with E-state index in [1.54, 1.807) is 24.3 Å². The molecule has 0 saturated carbocycles. The number of hydrogen-bond donors (Lipinski definition) is 2. The highest BCUT2D eigenvalue weighted by atomic mass is 16.2. The van der Waals surface area contributed by atoms with Crippen LogP contribution in [-0.2, 0) is 25.6 Å². The number of carbonyl (C=O) groups excluding carboxylic acids is 4. The number of ketones is 2. The number of amides is 2. The van der Waals surface area contributed by atoms with Crippen molar-refractivity contribution in [1.29, 1.82) is 0 Å². The Balaban J connectivity index is 1.42. The van der Waals surface area contributed by atoms with Crippen LogP contribution in [0.4, 0.5) is 11.4 Å². The molecule has 0 spiro atoms. The van der Waals surface area contributed by atoms with E-state index in [-0.39, 0.29) is 30.3 Å². The lowest BCUT2D eigenvalue weighted by atomic mass is 9.88. The monoisotopic (exact) mass is 556 g/mol. The Morgan fingerprint density at radius 1 is 0.643 bits per heavy atom. The molecule has 0 aliphatic carbocycles. The van der Waals surface area contributed by atoms with Crippen molar-refractivity contribution in [2.45, 2.75) is 38.5 Å². The van der Waals surface area contributed by atoms with Crippen molar-refractivity contribution >= 4 is 56.3 Å². The molecule has 0 radical (unpaired) electrons. The minimum Gasteiger partial charge on any atom is -0.326 e. The number of benzene rings is 5. The largest absolute Gasteiger partial charge is 0.326 e. The molecule has 5 rings (SSSR count). The van der Waals surface area contributed by atoms with Crippen molar-refractivity contribution in [3.8, 4) is 0 Å². The molecule has 0 aliphatic heterocycles. The van der Waals surface area contributed by atoms with Crippen LogP contribution in [0.1, 0.15) is 43.2 Å². The summed E-state index contributed by atoms with van der Waals surface area (Å²) in [5, 5.41) is 9.71. The van der Waals surface area contributed by atoms with E-state index in [4.69, 9.17) is 0 Å². The molecule has 1 unspecified atom stereocenters. The van der Waals surface area contributed by atoms with Gasteiger partial charge in [-0.1, -0.05) is 91.0 Å². The first-order chi connectivity index (χ1) is 20.4. The maximum absolute atomic E-state index is 13.9. The molecular formula is C36H32N2O4. The summed E-state index contributed by atoms with van der Waals surface area (Å²) >= 11 is 0. The van der Waals surface area contributed by atoms with E-state index in [9.17, 15) is 19.2 Å². The Hall–Kier alpha value is -5.10. The zero-order valence-electron chi connectivity index (χ0n) is 23.4. The third-order valence-corrected chi connectivity index (χ3v) is 7.34. The van der Waals surface area contributed by atoms with Gasteiger partial charge in [0.25, 0.3) is 0 Å². The quantitative estimate of drug-likeness (QED) is 0.168. The minimum absolute atomic E-state index is 0.0492. The average Bonchev–Trinajstić information content (AvgIpc) is 2.98. The van der Waals surface area contributed by atoms with Crippen LogP contribution >= 0.6 is 0 Å². The molecule has 0 aliphatic rings. The molecule has 42 heavy (non-hydrogen) atoms. The molecule has 210 valence electrons. The van der Waals surface area contributed by atoms with Crippen molar-refractivity contribution in [2.75, 3.05) is 10.6 Å². The fraction of sp³-hybridized carbons (Fsp3) is 0.167. The Morgan fingerprint density at radius 2 is 1.26 bits per heavy atom. The van der Waals surface area contributed by atoms with E-state index in [0.717, 1.165) is 27.1 Å². The predicted octanol–water partition coefficient (Wildman–Crippen LogP) is 7.22. The van der Waals surface area contributed by atoms with Crippen molar-refractivity contribution in [3.63, 3.8) is 0 Å². The smallest absolute Gasteiger partial charge is 0.239 e. The maximum atomic E-state index is 13.9. The number of fused-ring (bicyclic) bond motifs is 2. The molecule has 2 amide bonds. The van der Waals surface area contributed by atoms with Gasteiger partial charge >= 0.3 is 0 Å². The van der Waals surface area contributed by atoms with E-state index in [0.29, 0.717) is 29.8 Å². The van der Waals surface area contributed by atoms with Crippen LogP contribution in [0.15, 0.2) is 109 Å². The highest BCUT2D eigenvalue weighted by molar-refractivity contribution is 6.15. The molecular weight excluding hydrogens is 524 g/mol. The Morgan fingerprint density at radius 3 is 1.98 bits per heavy atom. The molecule has 5 aromatic rings. The van der Waals surface area contributed by atoms with Crippen LogP contribution in [-0.4, -0.2) is 23.4 Å². The van der Waals surface area contributed by atoms with Crippen molar-refractivity contribution < 1.29 is 19.2 Å². The summed E-state index contributed by atoms with van der Waals surface area (Å²) in [6.45, 7) is 1.50. The standard InChI is InChI=1S/C36H32N2O4/c1-24(39)9-6-18-34(41)37-29-21-19-27(20-22-29)35(33(40)23-28-14-7-12-25-10-2-4-15-30(25)28)36(42)38-32-17-8-13-26-11-3-5-16-31(26)32/h2-5,7-8,10-17,19-22,35H,6,9,18,23H2,1H3,(H,37,41)(H,38,42). The van der Waals surface area contributed by atoms with Crippen molar-refractivity contribution in [2.24, 2.45) is 0 Å². The van der Waals surface area contributed by atoms with Crippen LogP contribution in [0.2, 0.25) is 0 Å². The zero-order chi connectivity index (χ0) is 29.5. The highest BCUT2D eigenvalue weighted by Gasteiger charge is 2.29. The molecule has 0 fully saturated rings. The Labute approximate surface area is 244 Å². The molecule has 0 saturated heterocycles. The van der Waals surface area contributed by atoms with Gasteiger partial charge in [-0.2, -0.15) is 0 Å². The predicted molar refractivity (Wildman–Crippen MR) is 168 cm³/mol. The average molecular weight is 557 g/mol. The molecule has 6 nitrogen and oxygen atoms in total. The highest BCUT2D eigenvalue weighted by Crippen LogP contribution is 2.28. The van der Waals surface area contributed by atoms with E-state index in [2.05, 4.69) is 10.6 Å². The molecule has 0 aromatic heterocycles. The summed E-state index contributed by atoms with van der Waals surface area (Å²) in [4.78, 5) is 51.3. The number of carbonyl (C=O) groups is 4. The first kappa shape index (κ1) is 28.4. The second-order valence-electron chi connectivity index (χ2n) is 10.5. The van der Waals surface area contributed by atoms with Crippen LogP contribution < -0.4 is 10.6 Å². The van der Waals surface area contributed by atoms with Gasteiger partial charge in [0, 0.05) is 36.0 Å². The van der Waals surface area contributed by atoms with E-state index in [1.807, 2.05) is 84.9 Å². The van der Waals surface area contributed by atoms with Gasteiger partial charge in [0.15, 0.2) is 5.78 Å². The molecule has 2 N–H and O–H groups in total. The van der Waals surface area contributed by atoms with Gasteiger partial charge in [0.2, 0.25) is 11.8 Å². The van der Waals surface area contributed by atoms with Gasteiger partial charge in [0.05, 0.1) is 0 Å². The third-order valence-electron chi connectivity index (χ3n) is 7.34. The Kier molecular flexibility index (Phi) is 8.83. The normalized spacial score (nSPS) is 11.6. The van der Waals surface area contributed by atoms with Crippen LogP contribution in [0.5, 0.6) is 0 Å². The topological polar surface area (TPSA) is 92.3 Å². The van der Waals surface area contributed by atoms with Crippen molar-refractivity contribution in [1.82, 2.24) is 0 Å². The maximum Gasteiger partial charge on any atom is 0.239 e. The first-order valence-corrected chi connectivity index (χ1v) is 14.1. The Bertz CT molecular complexity index is 1670. The summed E-state index contributed by atoms with van der Waals surface area (Å²) in [5.41, 5.74) is 2.58. The number of rotatable bonds is 11. The second-order valence-corrected chi connectivity index (χ2v) is 10.5. The number of nitrogens with one attached hydrogen (secondary N) is 2. The van der Waals surface area contributed by atoms with Crippen LogP contribution in [0.25, 0.3) is 21.5 Å². The van der Waals surface area contributed by atoms with Gasteiger partial charge in [0.1, 0.15) is 11.7 Å². The summed E-state index contributed by atoms with van der Waals surface area (Å²) in [6, 6.07) is 34.0. The van der Waals surface area contributed by atoms with Gasteiger partial charge in [-0.15, -0.1) is 0 Å². The summed E-state index contributed by atoms with van der Waals surface area (Å²) in [7, 11) is 0. The van der Waals surface area contributed by atoms with Gasteiger partial charge in [-0.05, 0) is 58.8 Å². The van der Waals surface area contributed by atoms with E-state index < -0.39 is 11.8 Å². The van der Waals surface area contributed by atoms with Gasteiger partial charge < -0.3 is 15.4 Å². The van der Waals surface area contributed by atoms with Crippen LogP contribution in [0, 0.1) is 0 Å². The fourth-order valence-electron chi connectivity index (χ4n) is 5.24. The lowest BCUT2D eigenvalue weighted by molar-refractivity contribution is -0.127. The molecule has 6 heteroatoms. The van der Waals surface area contributed by atoms with Crippen molar-refractivity contribution in [3.05, 3.63) is 120 Å². The van der Waals surface area contributed by atoms with Crippen LogP contribution in [0.3, 0.4) is 0 Å². The van der Waals surface area contributed by atoms with E-state index in [1.165, 1.54) is 6.92 Å². The molecule has 1 atom stereocenters. The fourth-order valence-corrected chi connectivity index (χ4v) is 5.24. The summed E-state index contributed by atoms with van der Waals surface area (Å²) in [6.07, 6.45) is 1.17. The number of Topliss-reactive ketones (excluding diaryl/α,β-unsaturated/α-hetero) is 2. The summed E-state index contributed by atoms with van der Waals surface area (Å²) < 4.78 is 0. The molecule has 5 aromatic carbocycles. The second kappa shape index (κ2) is 13.0. The zero-order valence-corrected chi connectivity index (χ0v) is 23.4. The minimum atomic E-state index is -1.07.